The molecule has 2 amide bonds. The SMILES string of the molecule is O=C1c2cccc(-n3c4ccc(-c5ccccn5)cc4c4cc(-c5ccccn5)ccc43)c2C(=O)N1c1ccc(-c2ccccc2)cc1-c1ccccc1. The Labute approximate surface area is 311 Å². The van der Waals surface area contributed by atoms with Gasteiger partial charge in [-0.05, 0) is 89.5 Å². The Hall–Kier alpha value is -7.44. The molecule has 0 spiro atoms. The van der Waals surface area contributed by atoms with Gasteiger partial charge in [0.25, 0.3) is 11.8 Å². The molecular weight excluding hydrogens is 665 g/mol. The topological polar surface area (TPSA) is 68.1 Å². The van der Waals surface area contributed by atoms with E-state index in [1.54, 1.807) is 18.5 Å². The summed E-state index contributed by atoms with van der Waals surface area (Å²) in [6.45, 7) is 0. The molecule has 1 aliphatic heterocycles. The van der Waals surface area contributed by atoms with Crippen LogP contribution in [0.2, 0.25) is 0 Å². The number of imide groups is 1. The first kappa shape index (κ1) is 31.3. The smallest absolute Gasteiger partial charge is 0.268 e. The fourth-order valence-electron chi connectivity index (χ4n) is 7.73. The van der Waals surface area contributed by atoms with Gasteiger partial charge in [-0.15, -0.1) is 0 Å². The zero-order chi connectivity index (χ0) is 36.2. The van der Waals surface area contributed by atoms with Gasteiger partial charge in [-0.1, -0.05) is 97.1 Å². The number of hydrogen-bond donors (Lipinski definition) is 0. The van der Waals surface area contributed by atoms with Gasteiger partial charge in [0.15, 0.2) is 0 Å². The average Bonchev–Trinajstić information content (AvgIpc) is 3.71. The monoisotopic (exact) mass is 694 g/mol. The lowest BCUT2D eigenvalue weighted by molar-refractivity contribution is 0.0926. The minimum atomic E-state index is -0.361. The fraction of sp³-hybridized carbons (Fsp3) is 0. The van der Waals surface area contributed by atoms with Crippen LogP contribution in [-0.2, 0) is 0 Å². The van der Waals surface area contributed by atoms with E-state index in [0.29, 0.717) is 22.5 Å². The van der Waals surface area contributed by atoms with Crippen molar-refractivity contribution in [2.45, 2.75) is 0 Å². The average molecular weight is 695 g/mol. The molecule has 6 heteroatoms. The number of amides is 2. The van der Waals surface area contributed by atoms with Crippen LogP contribution in [0.3, 0.4) is 0 Å². The Kier molecular flexibility index (Phi) is 7.34. The summed E-state index contributed by atoms with van der Waals surface area (Å²) in [5.41, 5.74) is 11.2. The van der Waals surface area contributed by atoms with Crippen molar-refractivity contribution in [2.24, 2.45) is 0 Å². The van der Waals surface area contributed by atoms with Crippen LogP contribution in [0.25, 0.3) is 72.3 Å². The summed E-state index contributed by atoms with van der Waals surface area (Å²) in [7, 11) is 0. The molecule has 0 atom stereocenters. The van der Waals surface area contributed by atoms with E-state index in [-0.39, 0.29) is 11.8 Å². The van der Waals surface area contributed by atoms with Crippen molar-refractivity contribution in [3.8, 4) is 50.5 Å². The molecule has 1 aliphatic rings. The molecule has 6 aromatic carbocycles. The predicted molar refractivity (Wildman–Crippen MR) is 216 cm³/mol. The lowest BCUT2D eigenvalue weighted by Crippen LogP contribution is -2.30. The van der Waals surface area contributed by atoms with E-state index in [1.807, 2.05) is 109 Å². The minimum absolute atomic E-state index is 0.350. The van der Waals surface area contributed by atoms with Crippen molar-refractivity contribution in [3.63, 3.8) is 0 Å². The highest BCUT2D eigenvalue weighted by Crippen LogP contribution is 2.42. The minimum Gasteiger partial charge on any atom is -0.308 e. The number of pyridine rings is 2. The molecule has 0 fully saturated rings. The summed E-state index contributed by atoms with van der Waals surface area (Å²) in [6.07, 6.45) is 3.59. The lowest BCUT2D eigenvalue weighted by atomic mass is 9.97. The Balaban J connectivity index is 1.17. The third-order valence-corrected chi connectivity index (χ3v) is 10.2. The number of rotatable bonds is 6. The second-order valence-electron chi connectivity index (χ2n) is 13.3. The number of benzene rings is 6. The van der Waals surface area contributed by atoms with Crippen LogP contribution in [0.15, 0.2) is 182 Å². The van der Waals surface area contributed by atoms with Gasteiger partial charge >= 0.3 is 0 Å². The van der Waals surface area contributed by atoms with E-state index in [1.165, 1.54) is 4.90 Å². The number of carbonyl (C=O) groups excluding carboxylic acids is 2. The molecule has 3 aromatic heterocycles. The molecule has 0 unspecified atom stereocenters. The van der Waals surface area contributed by atoms with Crippen LogP contribution in [0.1, 0.15) is 20.7 Å². The standard InChI is InChI=1S/C48H30N4O2/c53-47-36-16-11-19-45(46(36)48(54)52(47)42-23-20-33(31-12-3-1-4-13-31)28-37(42)32-14-5-2-6-15-32)51-43-24-21-34(40-17-7-9-26-49-40)29-38(43)39-30-35(22-25-44(39)51)41-18-8-10-27-50-41/h1-30H. The van der Waals surface area contributed by atoms with Crippen LogP contribution in [0.5, 0.6) is 0 Å². The second-order valence-corrected chi connectivity index (χ2v) is 13.3. The highest BCUT2D eigenvalue weighted by molar-refractivity contribution is 6.36. The van der Waals surface area contributed by atoms with Gasteiger partial charge in [-0.2, -0.15) is 0 Å². The van der Waals surface area contributed by atoms with Crippen molar-refractivity contribution in [2.75, 3.05) is 4.90 Å². The first-order valence-corrected chi connectivity index (χ1v) is 17.8. The molecule has 4 heterocycles. The van der Waals surface area contributed by atoms with Crippen molar-refractivity contribution in [3.05, 3.63) is 193 Å². The second kappa shape index (κ2) is 12.7. The maximum absolute atomic E-state index is 14.9. The largest absolute Gasteiger partial charge is 0.308 e. The Morgan fingerprint density at radius 2 is 0.963 bits per heavy atom. The Bertz CT molecular complexity index is 2810. The summed E-state index contributed by atoms with van der Waals surface area (Å²) in [6, 6.07) is 55.9. The third kappa shape index (κ3) is 5.04. The third-order valence-electron chi connectivity index (χ3n) is 10.2. The van der Waals surface area contributed by atoms with E-state index >= 15 is 0 Å². The molecular formula is C48H30N4O2. The highest BCUT2D eigenvalue weighted by Gasteiger charge is 2.40. The Morgan fingerprint density at radius 3 is 1.56 bits per heavy atom. The predicted octanol–water partition coefficient (Wildman–Crippen LogP) is 11.0. The lowest BCUT2D eigenvalue weighted by Gasteiger charge is -2.20. The van der Waals surface area contributed by atoms with Gasteiger partial charge in [-0.25, -0.2) is 4.90 Å². The van der Waals surface area contributed by atoms with Gasteiger partial charge in [0, 0.05) is 39.9 Å². The summed E-state index contributed by atoms with van der Waals surface area (Å²) < 4.78 is 2.11. The molecule has 0 radical (unpaired) electrons. The zero-order valence-corrected chi connectivity index (χ0v) is 28.9. The molecule has 0 N–H and O–H groups in total. The molecule has 0 saturated heterocycles. The maximum atomic E-state index is 14.9. The Morgan fingerprint density at radius 1 is 0.389 bits per heavy atom. The molecule has 0 saturated carbocycles. The van der Waals surface area contributed by atoms with E-state index in [2.05, 4.69) is 69.1 Å². The van der Waals surface area contributed by atoms with E-state index < -0.39 is 0 Å². The van der Waals surface area contributed by atoms with Gasteiger partial charge in [-0.3, -0.25) is 19.6 Å². The molecule has 9 aromatic rings. The zero-order valence-electron chi connectivity index (χ0n) is 28.9. The van der Waals surface area contributed by atoms with E-state index in [9.17, 15) is 9.59 Å². The van der Waals surface area contributed by atoms with E-state index in [4.69, 9.17) is 0 Å². The fourth-order valence-corrected chi connectivity index (χ4v) is 7.73. The van der Waals surface area contributed by atoms with Crippen molar-refractivity contribution in [1.82, 2.24) is 14.5 Å². The molecule has 0 bridgehead atoms. The van der Waals surface area contributed by atoms with Gasteiger partial charge in [0.2, 0.25) is 0 Å². The molecule has 6 nitrogen and oxygen atoms in total. The van der Waals surface area contributed by atoms with Crippen LogP contribution in [0, 0.1) is 0 Å². The number of aromatic nitrogens is 3. The first-order valence-electron chi connectivity index (χ1n) is 17.8. The quantitative estimate of drug-likeness (QED) is 0.163. The molecule has 0 aliphatic carbocycles. The van der Waals surface area contributed by atoms with Crippen molar-refractivity contribution >= 4 is 39.3 Å². The molecule has 54 heavy (non-hydrogen) atoms. The van der Waals surface area contributed by atoms with Crippen LogP contribution in [-0.4, -0.2) is 26.3 Å². The number of anilines is 1. The summed E-state index contributed by atoms with van der Waals surface area (Å²) >= 11 is 0. The molecule has 10 rings (SSSR count). The van der Waals surface area contributed by atoms with Gasteiger partial charge in [0.05, 0.1) is 44.9 Å². The van der Waals surface area contributed by atoms with Crippen LogP contribution in [0.4, 0.5) is 5.69 Å². The van der Waals surface area contributed by atoms with Crippen molar-refractivity contribution in [1.29, 1.82) is 0 Å². The van der Waals surface area contributed by atoms with Gasteiger partial charge in [0.1, 0.15) is 0 Å². The van der Waals surface area contributed by atoms with E-state index in [0.717, 1.165) is 66.6 Å². The van der Waals surface area contributed by atoms with Crippen molar-refractivity contribution < 1.29 is 9.59 Å². The number of fused-ring (bicyclic) bond motifs is 4. The molecule has 254 valence electrons. The summed E-state index contributed by atoms with van der Waals surface area (Å²) in [5, 5.41) is 2.00. The summed E-state index contributed by atoms with van der Waals surface area (Å²) in [4.78, 5) is 39.9. The maximum Gasteiger partial charge on any atom is 0.268 e. The number of nitrogens with zero attached hydrogens (tertiary/aromatic N) is 4. The number of hydrogen-bond acceptors (Lipinski definition) is 4. The first-order chi connectivity index (χ1) is 26.6. The summed E-state index contributed by atoms with van der Waals surface area (Å²) in [5.74, 6) is -0.711. The van der Waals surface area contributed by atoms with Crippen LogP contribution >= 0.6 is 0 Å². The normalized spacial score (nSPS) is 12.5. The van der Waals surface area contributed by atoms with Gasteiger partial charge < -0.3 is 4.57 Å². The highest BCUT2D eigenvalue weighted by atomic mass is 16.2. The number of carbonyl (C=O) groups is 2. The van der Waals surface area contributed by atoms with Crippen LogP contribution < -0.4 is 4.90 Å².